The summed E-state index contributed by atoms with van der Waals surface area (Å²) in [5.41, 5.74) is 3.16. The number of methoxy groups -OCH3 is 2. The molecule has 0 aliphatic carbocycles. The lowest BCUT2D eigenvalue weighted by atomic mass is 10.1. The van der Waals surface area contributed by atoms with E-state index in [2.05, 4.69) is 20.7 Å². The van der Waals surface area contributed by atoms with Gasteiger partial charge in [0.1, 0.15) is 6.04 Å². The zero-order valence-electron chi connectivity index (χ0n) is 18.6. The molecule has 33 heavy (non-hydrogen) atoms. The van der Waals surface area contributed by atoms with Gasteiger partial charge < -0.3 is 25.4 Å². The number of rotatable bonds is 9. The van der Waals surface area contributed by atoms with E-state index < -0.39 is 18.0 Å². The summed E-state index contributed by atoms with van der Waals surface area (Å²) in [4.78, 5) is 48.8. The molecule has 0 saturated carbocycles. The summed E-state index contributed by atoms with van der Waals surface area (Å²) in [6.45, 7) is 1.11. The number of carbonyl (C=O) groups excluding carboxylic acids is 4. The summed E-state index contributed by atoms with van der Waals surface area (Å²) in [5, 5.41) is 8.71. The number of anilines is 1. The van der Waals surface area contributed by atoms with Crippen LogP contribution in [0.5, 0.6) is 0 Å². The van der Waals surface area contributed by atoms with Crippen molar-refractivity contribution in [2.24, 2.45) is 0 Å². The first-order valence-corrected chi connectivity index (χ1v) is 10.6. The first-order valence-electron chi connectivity index (χ1n) is 10.6. The van der Waals surface area contributed by atoms with Gasteiger partial charge in [-0.2, -0.15) is 0 Å². The Hall–Kier alpha value is -3.88. The van der Waals surface area contributed by atoms with Crippen molar-refractivity contribution >= 4 is 29.4 Å². The Bertz CT molecular complexity index is 1050. The lowest BCUT2D eigenvalue weighted by molar-refractivity contribution is -0.143. The fourth-order valence-electron chi connectivity index (χ4n) is 3.59. The van der Waals surface area contributed by atoms with Gasteiger partial charge >= 0.3 is 11.9 Å². The molecule has 2 aromatic carbocycles. The van der Waals surface area contributed by atoms with Gasteiger partial charge in [0.2, 0.25) is 0 Å². The third kappa shape index (κ3) is 6.09. The van der Waals surface area contributed by atoms with Gasteiger partial charge in [-0.15, -0.1) is 0 Å². The highest BCUT2D eigenvalue weighted by molar-refractivity contribution is 5.98. The van der Waals surface area contributed by atoms with Gasteiger partial charge in [-0.05, 0) is 61.2 Å². The summed E-state index contributed by atoms with van der Waals surface area (Å²) in [6.07, 6.45) is 1.56. The van der Waals surface area contributed by atoms with Crippen LogP contribution in [0.15, 0.2) is 42.5 Å². The minimum Gasteiger partial charge on any atom is -0.467 e. The fourth-order valence-corrected chi connectivity index (χ4v) is 3.59. The van der Waals surface area contributed by atoms with Gasteiger partial charge in [-0.3, -0.25) is 9.59 Å². The molecule has 0 saturated heterocycles. The minimum atomic E-state index is -0.839. The number of carbonyl (C=O) groups is 4. The molecule has 1 atom stereocenters. The molecule has 2 aromatic rings. The van der Waals surface area contributed by atoms with Crippen LogP contribution in [0.3, 0.4) is 0 Å². The van der Waals surface area contributed by atoms with Gasteiger partial charge in [-0.1, -0.05) is 6.07 Å². The van der Waals surface area contributed by atoms with Crippen LogP contribution in [-0.2, 0) is 20.7 Å². The second-order valence-electron chi connectivity index (χ2n) is 7.57. The standard InChI is InChI=1S/C24H27N3O6/c1-32-23(30)18-6-3-5-16(14-18)21(28)26-11-4-7-20(24(31)33-2)27-22(29)17-8-9-19-15(13-17)10-12-25-19/h3,5-6,8-9,13-14,20,25H,4,7,10-12H2,1-2H3,(H,26,28)(H,27,29)/t20-/m0/s1. The third-order valence-electron chi connectivity index (χ3n) is 5.37. The van der Waals surface area contributed by atoms with Crippen LogP contribution in [0.25, 0.3) is 0 Å². The van der Waals surface area contributed by atoms with Crippen LogP contribution in [-0.4, -0.2) is 57.1 Å². The number of hydrogen-bond acceptors (Lipinski definition) is 7. The van der Waals surface area contributed by atoms with Crippen molar-refractivity contribution in [1.82, 2.24) is 10.6 Å². The van der Waals surface area contributed by atoms with E-state index in [4.69, 9.17) is 4.74 Å². The smallest absolute Gasteiger partial charge is 0.337 e. The predicted molar refractivity (Wildman–Crippen MR) is 121 cm³/mol. The number of fused-ring (bicyclic) bond motifs is 1. The Morgan fingerprint density at radius 3 is 2.48 bits per heavy atom. The highest BCUT2D eigenvalue weighted by atomic mass is 16.5. The van der Waals surface area contributed by atoms with E-state index in [1.807, 2.05) is 12.1 Å². The molecule has 0 bridgehead atoms. The Morgan fingerprint density at radius 2 is 1.73 bits per heavy atom. The zero-order chi connectivity index (χ0) is 23.8. The quantitative estimate of drug-likeness (QED) is 0.392. The molecule has 0 spiro atoms. The van der Waals surface area contributed by atoms with Gasteiger partial charge in [0, 0.05) is 29.9 Å². The first kappa shape index (κ1) is 23.8. The zero-order valence-corrected chi connectivity index (χ0v) is 18.6. The van der Waals surface area contributed by atoms with Gasteiger partial charge in [0.15, 0.2) is 0 Å². The van der Waals surface area contributed by atoms with Crippen molar-refractivity contribution in [3.05, 3.63) is 64.7 Å². The number of amides is 2. The second kappa shape index (κ2) is 11.1. The SMILES string of the molecule is COC(=O)c1cccc(C(=O)NCCC[C@H](NC(=O)c2ccc3c(c2)CCN3)C(=O)OC)c1. The predicted octanol–water partition coefficient (Wildman–Crippen LogP) is 1.92. The molecule has 3 N–H and O–H groups in total. The van der Waals surface area contributed by atoms with Crippen LogP contribution >= 0.6 is 0 Å². The lowest BCUT2D eigenvalue weighted by Gasteiger charge is -2.17. The highest BCUT2D eigenvalue weighted by Crippen LogP contribution is 2.23. The fraction of sp³-hybridized carbons (Fsp3) is 0.333. The van der Waals surface area contributed by atoms with E-state index in [9.17, 15) is 19.2 Å². The molecule has 0 fully saturated rings. The summed E-state index contributed by atoms with van der Waals surface area (Å²) in [6, 6.07) is 10.7. The normalized spacial score (nSPS) is 12.7. The van der Waals surface area contributed by atoms with Crippen molar-refractivity contribution in [1.29, 1.82) is 0 Å². The maximum atomic E-state index is 12.7. The van der Waals surface area contributed by atoms with Crippen LogP contribution in [0.2, 0.25) is 0 Å². The van der Waals surface area contributed by atoms with E-state index in [0.29, 0.717) is 17.5 Å². The Kier molecular flexibility index (Phi) is 8.01. The molecule has 9 nitrogen and oxygen atoms in total. The van der Waals surface area contributed by atoms with Gasteiger partial charge in [-0.25, -0.2) is 9.59 Å². The van der Waals surface area contributed by atoms with Crippen LogP contribution in [0.1, 0.15) is 49.5 Å². The number of nitrogens with one attached hydrogen (secondary N) is 3. The molecular weight excluding hydrogens is 426 g/mol. The number of esters is 2. The van der Waals surface area contributed by atoms with Crippen molar-refractivity contribution < 1.29 is 28.7 Å². The Labute approximate surface area is 191 Å². The van der Waals surface area contributed by atoms with Crippen molar-refractivity contribution in [2.75, 3.05) is 32.6 Å². The molecule has 1 aliphatic rings. The molecule has 0 unspecified atom stereocenters. The lowest BCUT2D eigenvalue weighted by Crippen LogP contribution is -2.42. The number of ether oxygens (including phenoxy) is 2. The van der Waals surface area contributed by atoms with E-state index in [1.165, 1.54) is 20.3 Å². The van der Waals surface area contributed by atoms with Crippen LogP contribution < -0.4 is 16.0 Å². The van der Waals surface area contributed by atoms with Crippen molar-refractivity contribution in [3.63, 3.8) is 0 Å². The summed E-state index contributed by atoms with van der Waals surface area (Å²) in [5.74, 6) is -1.79. The summed E-state index contributed by atoms with van der Waals surface area (Å²) in [7, 11) is 2.53. The molecule has 3 rings (SSSR count). The maximum Gasteiger partial charge on any atom is 0.337 e. The molecule has 0 radical (unpaired) electrons. The van der Waals surface area contributed by atoms with Crippen LogP contribution in [0, 0.1) is 0 Å². The molecular formula is C24H27N3O6. The van der Waals surface area contributed by atoms with Gasteiger partial charge in [0.25, 0.3) is 11.8 Å². The average molecular weight is 453 g/mol. The van der Waals surface area contributed by atoms with Crippen molar-refractivity contribution in [2.45, 2.75) is 25.3 Å². The van der Waals surface area contributed by atoms with E-state index in [-0.39, 0.29) is 30.3 Å². The maximum absolute atomic E-state index is 12.7. The van der Waals surface area contributed by atoms with E-state index >= 15 is 0 Å². The number of benzene rings is 2. The molecule has 2 amide bonds. The second-order valence-corrected chi connectivity index (χ2v) is 7.57. The van der Waals surface area contributed by atoms with Crippen molar-refractivity contribution in [3.8, 4) is 0 Å². The largest absolute Gasteiger partial charge is 0.467 e. The molecule has 174 valence electrons. The number of hydrogen-bond donors (Lipinski definition) is 3. The minimum absolute atomic E-state index is 0.273. The Morgan fingerprint density at radius 1 is 0.970 bits per heavy atom. The average Bonchev–Trinajstić information content (AvgIpc) is 3.32. The topological polar surface area (TPSA) is 123 Å². The molecule has 0 aromatic heterocycles. The van der Waals surface area contributed by atoms with Crippen LogP contribution in [0.4, 0.5) is 5.69 Å². The molecule has 9 heteroatoms. The summed E-state index contributed by atoms with van der Waals surface area (Å²) >= 11 is 0. The highest BCUT2D eigenvalue weighted by Gasteiger charge is 2.23. The molecule has 1 heterocycles. The Balaban J connectivity index is 1.53. The van der Waals surface area contributed by atoms with Gasteiger partial charge in [0.05, 0.1) is 19.8 Å². The monoisotopic (exact) mass is 453 g/mol. The summed E-state index contributed by atoms with van der Waals surface area (Å²) < 4.78 is 9.48. The van der Waals surface area contributed by atoms with E-state index in [1.54, 1.807) is 24.3 Å². The first-order chi connectivity index (χ1) is 15.9. The van der Waals surface area contributed by atoms with E-state index in [0.717, 1.165) is 24.2 Å². The molecule has 1 aliphatic heterocycles. The third-order valence-corrected chi connectivity index (χ3v) is 5.37.